The van der Waals surface area contributed by atoms with Crippen LogP contribution in [0.4, 0.5) is 13.2 Å². The maximum absolute atomic E-state index is 13.1. The first-order chi connectivity index (χ1) is 15.0. The van der Waals surface area contributed by atoms with Crippen LogP contribution in [0.3, 0.4) is 0 Å². The quantitative estimate of drug-likeness (QED) is 0.536. The van der Waals surface area contributed by atoms with Gasteiger partial charge in [-0.15, -0.1) is 0 Å². The number of rotatable bonds is 6. The summed E-state index contributed by atoms with van der Waals surface area (Å²) in [5, 5.41) is 13.6. The van der Waals surface area contributed by atoms with E-state index in [9.17, 15) is 27.9 Å². The molecule has 0 spiro atoms. The molecule has 3 aromatic rings. The number of ether oxygens (including phenoxy) is 1. The number of hydrogen-bond donors (Lipinski definition) is 1. The van der Waals surface area contributed by atoms with Gasteiger partial charge >= 0.3 is 12.1 Å². The maximum Gasteiger partial charge on any atom is 0.435 e. The number of halogens is 5. The van der Waals surface area contributed by atoms with E-state index in [0.29, 0.717) is 5.56 Å². The standard InChI is InChI=1S/C20H16Cl2F3N3O4/c1-3-27-11(9-28-16(32-2)8-15(26-28)20(23,24)25)7-14(29)17(19(30)31)18(27)10-4-5-12(21)13(22)6-10/h4-8H,3,9H2,1-2H3,(H,30,31). The highest BCUT2D eigenvalue weighted by molar-refractivity contribution is 6.42. The van der Waals surface area contributed by atoms with Gasteiger partial charge in [-0.05, 0) is 19.1 Å². The van der Waals surface area contributed by atoms with E-state index in [1.54, 1.807) is 6.92 Å². The third-order valence-corrected chi connectivity index (χ3v) is 5.41. The predicted molar refractivity (Wildman–Crippen MR) is 112 cm³/mol. The van der Waals surface area contributed by atoms with Crippen molar-refractivity contribution in [1.29, 1.82) is 0 Å². The van der Waals surface area contributed by atoms with Crippen LogP contribution in [0.5, 0.6) is 5.88 Å². The van der Waals surface area contributed by atoms with E-state index >= 15 is 0 Å². The lowest BCUT2D eigenvalue weighted by Crippen LogP contribution is -2.24. The number of carbonyl (C=O) groups is 1. The molecule has 1 N–H and O–H groups in total. The highest BCUT2D eigenvalue weighted by Crippen LogP contribution is 2.33. The van der Waals surface area contributed by atoms with E-state index in [1.807, 2.05) is 0 Å². The van der Waals surface area contributed by atoms with Gasteiger partial charge < -0.3 is 14.4 Å². The maximum atomic E-state index is 13.1. The minimum atomic E-state index is -4.69. The number of benzene rings is 1. The van der Waals surface area contributed by atoms with Gasteiger partial charge in [0, 0.05) is 29.9 Å². The zero-order valence-corrected chi connectivity index (χ0v) is 18.2. The van der Waals surface area contributed by atoms with Gasteiger partial charge in [0.1, 0.15) is 5.56 Å². The van der Waals surface area contributed by atoms with Crippen molar-refractivity contribution in [3.63, 3.8) is 0 Å². The minimum absolute atomic E-state index is 0.0447. The summed E-state index contributed by atoms with van der Waals surface area (Å²) in [7, 11) is 1.19. The smallest absolute Gasteiger partial charge is 0.435 e. The molecular formula is C20H16Cl2F3N3O4. The van der Waals surface area contributed by atoms with Crippen LogP contribution in [0.1, 0.15) is 28.7 Å². The fourth-order valence-corrected chi connectivity index (χ4v) is 3.61. The van der Waals surface area contributed by atoms with E-state index in [0.717, 1.165) is 16.8 Å². The number of carboxylic acid groups (broad SMARTS) is 1. The monoisotopic (exact) mass is 489 g/mol. The Bertz CT molecular complexity index is 1250. The second kappa shape index (κ2) is 8.87. The molecule has 0 aliphatic rings. The second-order valence-electron chi connectivity index (χ2n) is 6.63. The second-order valence-corrected chi connectivity index (χ2v) is 7.44. The Balaban J connectivity index is 2.26. The summed E-state index contributed by atoms with van der Waals surface area (Å²) in [6, 6.07) is 6.16. The molecule has 7 nitrogen and oxygen atoms in total. The van der Waals surface area contributed by atoms with Crippen molar-refractivity contribution < 1.29 is 27.8 Å². The molecular weight excluding hydrogens is 474 g/mol. The fraction of sp³-hybridized carbons (Fsp3) is 0.250. The van der Waals surface area contributed by atoms with Crippen molar-refractivity contribution in [3.8, 4) is 17.1 Å². The van der Waals surface area contributed by atoms with Crippen molar-refractivity contribution in [1.82, 2.24) is 14.3 Å². The molecule has 0 fully saturated rings. The van der Waals surface area contributed by atoms with Crippen molar-refractivity contribution >= 4 is 29.2 Å². The SMILES string of the molecule is CCn1c(Cn2nc(C(F)(F)F)cc2OC)cc(=O)c(C(=O)O)c1-c1ccc(Cl)c(Cl)c1. The first-order valence-corrected chi connectivity index (χ1v) is 9.88. The van der Waals surface area contributed by atoms with Gasteiger partial charge in [0.25, 0.3) is 0 Å². The lowest BCUT2D eigenvalue weighted by Gasteiger charge is -2.20. The van der Waals surface area contributed by atoms with Crippen LogP contribution in [0.2, 0.25) is 10.0 Å². The molecule has 1 aromatic carbocycles. The largest absolute Gasteiger partial charge is 0.481 e. The van der Waals surface area contributed by atoms with Crippen molar-refractivity contribution in [2.45, 2.75) is 26.2 Å². The van der Waals surface area contributed by atoms with E-state index in [1.165, 1.54) is 29.9 Å². The summed E-state index contributed by atoms with van der Waals surface area (Å²) < 4.78 is 46.7. The first-order valence-electron chi connectivity index (χ1n) is 9.12. The number of nitrogens with zero attached hydrogens (tertiary/aromatic N) is 3. The molecule has 0 radical (unpaired) electrons. The lowest BCUT2D eigenvalue weighted by molar-refractivity contribution is -0.141. The minimum Gasteiger partial charge on any atom is -0.481 e. The molecule has 0 aliphatic carbocycles. The summed E-state index contributed by atoms with van der Waals surface area (Å²) in [6.45, 7) is 1.61. The van der Waals surface area contributed by atoms with Crippen LogP contribution < -0.4 is 10.2 Å². The lowest BCUT2D eigenvalue weighted by atomic mass is 10.0. The number of hydrogen-bond acceptors (Lipinski definition) is 4. The molecule has 2 heterocycles. The molecule has 0 saturated carbocycles. The van der Waals surface area contributed by atoms with Crippen molar-refractivity contribution in [2.24, 2.45) is 0 Å². The van der Waals surface area contributed by atoms with Gasteiger partial charge in [0.15, 0.2) is 11.1 Å². The van der Waals surface area contributed by atoms with Gasteiger partial charge in [-0.1, -0.05) is 29.3 Å². The molecule has 12 heteroatoms. The van der Waals surface area contributed by atoms with Gasteiger partial charge in [-0.3, -0.25) is 4.79 Å². The number of pyridine rings is 1. The molecule has 0 aliphatic heterocycles. The van der Waals surface area contributed by atoms with Crippen LogP contribution in [0, 0.1) is 0 Å². The average molecular weight is 490 g/mol. The average Bonchev–Trinajstić information content (AvgIpc) is 3.12. The third kappa shape index (κ3) is 4.46. The van der Waals surface area contributed by atoms with E-state index in [-0.39, 0.29) is 40.4 Å². The normalized spacial score (nSPS) is 11.6. The Labute approximate surface area is 189 Å². The Hall–Kier alpha value is -2.98. The zero-order chi connectivity index (χ0) is 23.8. The summed E-state index contributed by atoms with van der Waals surface area (Å²) in [5.41, 5.74) is -1.91. The highest BCUT2D eigenvalue weighted by atomic mass is 35.5. The fourth-order valence-electron chi connectivity index (χ4n) is 3.31. The Morgan fingerprint density at radius 2 is 1.88 bits per heavy atom. The third-order valence-electron chi connectivity index (χ3n) is 4.68. The van der Waals surface area contributed by atoms with Gasteiger partial charge in [0.2, 0.25) is 5.88 Å². The molecule has 3 rings (SSSR count). The molecule has 0 atom stereocenters. The van der Waals surface area contributed by atoms with E-state index in [2.05, 4.69) is 5.10 Å². The van der Waals surface area contributed by atoms with E-state index in [4.69, 9.17) is 27.9 Å². The number of alkyl halides is 3. The van der Waals surface area contributed by atoms with Crippen molar-refractivity contribution in [2.75, 3.05) is 7.11 Å². The molecule has 0 amide bonds. The Kier molecular flexibility index (Phi) is 6.56. The number of aromatic carboxylic acids is 1. The van der Waals surface area contributed by atoms with Crippen LogP contribution in [-0.4, -0.2) is 32.5 Å². The van der Waals surface area contributed by atoms with Crippen LogP contribution in [0.25, 0.3) is 11.3 Å². The predicted octanol–water partition coefficient (Wildman–Crippen LogP) is 4.81. The summed E-state index contributed by atoms with van der Waals surface area (Å²) in [5.74, 6) is -1.63. The van der Waals surface area contributed by atoms with Gasteiger partial charge in [-0.25, -0.2) is 9.48 Å². The summed E-state index contributed by atoms with van der Waals surface area (Å²) in [6.07, 6.45) is -4.69. The Morgan fingerprint density at radius 3 is 2.41 bits per heavy atom. The summed E-state index contributed by atoms with van der Waals surface area (Å²) >= 11 is 12.0. The number of methoxy groups -OCH3 is 1. The number of aromatic nitrogens is 3. The zero-order valence-electron chi connectivity index (χ0n) is 16.7. The van der Waals surface area contributed by atoms with E-state index < -0.39 is 28.8 Å². The molecule has 32 heavy (non-hydrogen) atoms. The summed E-state index contributed by atoms with van der Waals surface area (Å²) in [4.78, 5) is 24.6. The van der Waals surface area contributed by atoms with Gasteiger partial charge in [-0.2, -0.15) is 18.3 Å². The molecule has 0 unspecified atom stereocenters. The highest BCUT2D eigenvalue weighted by Gasteiger charge is 2.35. The van der Waals surface area contributed by atoms with Crippen molar-refractivity contribution in [3.05, 3.63) is 67.6 Å². The molecule has 170 valence electrons. The van der Waals surface area contributed by atoms with Gasteiger partial charge in [0.05, 0.1) is 29.4 Å². The molecule has 0 bridgehead atoms. The van der Waals surface area contributed by atoms with Crippen LogP contribution in [0.15, 0.2) is 35.1 Å². The molecule has 0 saturated heterocycles. The topological polar surface area (TPSA) is 86.4 Å². The Morgan fingerprint density at radius 1 is 1.19 bits per heavy atom. The van der Waals surface area contributed by atoms with Crippen LogP contribution in [-0.2, 0) is 19.3 Å². The molecule has 2 aromatic heterocycles. The van der Waals surface area contributed by atoms with Crippen LogP contribution >= 0.6 is 23.2 Å². The number of carboxylic acids is 1. The first kappa shape index (κ1) is 23.7.